The Kier molecular flexibility index (Phi) is 5.19. The number of hydrogen-bond acceptors (Lipinski definition) is 2. The first-order valence-electron chi connectivity index (χ1n) is 4.69. The summed E-state index contributed by atoms with van der Waals surface area (Å²) in [5, 5.41) is 3.69. The Morgan fingerprint density at radius 2 is 2.20 bits per heavy atom. The van der Waals surface area contributed by atoms with Gasteiger partial charge < -0.3 is 5.32 Å². The van der Waals surface area contributed by atoms with E-state index in [0.29, 0.717) is 0 Å². The van der Waals surface area contributed by atoms with E-state index in [1.54, 1.807) is 11.8 Å². The zero-order chi connectivity index (χ0) is 11.3. The second-order valence-corrected chi connectivity index (χ2v) is 4.72. The van der Waals surface area contributed by atoms with Crippen molar-refractivity contribution >= 4 is 33.6 Å². The summed E-state index contributed by atoms with van der Waals surface area (Å²) in [4.78, 5) is 12.9. The van der Waals surface area contributed by atoms with Gasteiger partial charge in [0.25, 0.3) is 5.91 Å². The lowest BCUT2D eigenvalue weighted by Crippen LogP contribution is -2.33. The average Bonchev–Trinajstić information content (AvgIpc) is 2.28. The first kappa shape index (κ1) is 12.6. The van der Waals surface area contributed by atoms with E-state index in [0.717, 1.165) is 15.8 Å². The van der Waals surface area contributed by atoms with Crippen molar-refractivity contribution < 1.29 is 4.79 Å². The van der Waals surface area contributed by atoms with Crippen LogP contribution in [0.15, 0.2) is 29.2 Å². The molecule has 0 fully saturated rings. The molecule has 82 valence electrons. The largest absolute Gasteiger partial charge is 0.349 e. The molecule has 0 aliphatic rings. The monoisotopic (exact) mass is 287 g/mol. The Labute approximate surface area is 103 Å². The van der Waals surface area contributed by atoms with Crippen molar-refractivity contribution in [3.8, 4) is 0 Å². The number of carbonyl (C=O) groups excluding carboxylic acids is 1. The summed E-state index contributed by atoms with van der Waals surface area (Å²) < 4.78 is 0. The van der Waals surface area contributed by atoms with Crippen LogP contribution < -0.4 is 5.32 Å². The van der Waals surface area contributed by atoms with Crippen LogP contribution >= 0.6 is 27.7 Å². The molecule has 0 spiro atoms. The van der Waals surface area contributed by atoms with E-state index < -0.39 is 0 Å². The van der Waals surface area contributed by atoms with Crippen LogP contribution in [0.5, 0.6) is 0 Å². The second kappa shape index (κ2) is 6.18. The Morgan fingerprint density at radius 3 is 2.80 bits per heavy atom. The Hall–Kier alpha value is -0.480. The van der Waals surface area contributed by atoms with Crippen LogP contribution in [0.25, 0.3) is 0 Å². The number of alkyl halides is 1. The van der Waals surface area contributed by atoms with Crippen LogP contribution in [-0.4, -0.2) is 23.5 Å². The first-order valence-corrected chi connectivity index (χ1v) is 7.03. The highest BCUT2D eigenvalue weighted by Crippen LogP contribution is 2.19. The summed E-state index contributed by atoms with van der Waals surface area (Å²) in [5.41, 5.74) is 0.748. The standard InChI is InChI=1S/C11H14BrNOS/c1-8(7-12)13-11(14)9-5-3-4-6-10(9)15-2/h3-6,8H,7H2,1-2H3,(H,13,14). The number of hydrogen-bond donors (Lipinski definition) is 1. The Balaban J connectivity index is 2.81. The summed E-state index contributed by atoms with van der Waals surface area (Å²) in [7, 11) is 0. The maximum Gasteiger partial charge on any atom is 0.252 e. The number of rotatable bonds is 4. The molecule has 0 aromatic heterocycles. The SMILES string of the molecule is CSc1ccccc1C(=O)NC(C)CBr. The molecular weight excluding hydrogens is 274 g/mol. The summed E-state index contributed by atoms with van der Waals surface area (Å²) in [6, 6.07) is 7.78. The van der Waals surface area contributed by atoms with Crippen molar-refractivity contribution in [3.05, 3.63) is 29.8 Å². The van der Waals surface area contributed by atoms with Gasteiger partial charge in [0.15, 0.2) is 0 Å². The highest BCUT2D eigenvalue weighted by atomic mass is 79.9. The van der Waals surface area contributed by atoms with Crippen LogP contribution in [-0.2, 0) is 0 Å². The molecule has 15 heavy (non-hydrogen) atoms. The minimum Gasteiger partial charge on any atom is -0.349 e. The predicted octanol–water partition coefficient (Wildman–Crippen LogP) is 2.92. The molecule has 0 aliphatic heterocycles. The lowest BCUT2D eigenvalue weighted by Gasteiger charge is -2.12. The summed E-state index contributed by atoms with van der Waals surface area (Å²) in [6.07, 6.45) is 1.97. The first-order chi connectivity index (χ1) is 7.19. The van der Waals surface area contributed by atoms with Crippen molar-refractivity contribution in [1.29, 1.82) is 0 Å². The minimum atomic E-state index is -0.00750. The summed E-state index contributed by atoms with van der Waals surface area (Å²) >= 11 is 4.92. The fraction of sp³-hybridized carbons (Fsp3) is 0.364. The molecule has 0 aliphatic carbocycles. The minimum absolute atomic E-state index is 0.00750. The molecule has 0 bridgehead atoms. The molecule has 1 rings (SSSR count). The van der Waals surface area contributed by atoms with Gasteiger partial charge >= 0.3 is 0 Å². The highest BCUT2D eigenvalue weighted by molar-refractivity contribution is 9.09. The zero-order valence-electron chi connectivity index (χ0n) is 8.79. The zero-order valence-corrected chi connectivity index (χ0v) is 11.2. The maximum atomic E-state index is 11.8. The quantitative estimate of drug-likeness (QED) is 0.682. The lowest BCUT2D eigenvalue weighted by atomic mass is 10.2. The van der Waals surface area contributed by atoms with Crippen LogP contribution in [0.4, 0.5) is 0 Å². The van der Waals surface area contributed by atoms with E-state index in [2.05, 4.69) is 21.2 Å². The van der Waals surface area contributed by atoms with Crippen molar-refractivity contribution in [3.63, 3.8) is 0 Å². The molecule has 1 amide bonds. The van der Waals surface area contributed by atoms with Gasteiger partial charge in [0, 0.05) is 16.3 Å². The number of carbonyl (C=O) groups is 1. The van der Waals surface area contributed by atoms with Gasteiger partial charge in [-0.05, 0) is 25.3 Å². The molecule has 0 saturated heterocycles. The molecular formula is C11H14BrNOS. The third-order valence-corrected chi connectivity index (χ3v) is 3.73. The van der Waals surface area contributed by atoms with E-state index >= 15 is 0 Å². The van der Waals surface area contributed by atoms with Crippen molar-refractivity contribution in [2.75, 3.05) is 11.6 Å². The van der Waals surface area contributed by atoms with Gasteiger partial charge in [0.1, 0.15) is 0 Å². The maximum absolute atomic E-state index is 11.8. The number of halogens is 1. The molecule has 2 nitrogen and oxygen atoms in total. The number of benzene rings is 1. The molecule has 1 N–H and O–H groups in total. The third-order valence-electron chi connectivity index (χ3n) is 1.96. The Bertz CT molecular complexity index is 343. The van der Waals surface area contributed by atoms with Crippen LogP contribution in [0.3, 0.4) is 0 Å². The lowest BCUT2D eigenvalue weighted by molar-refractivity contribution is 0.0941. The molecule has 1 unspecified atom stereocenters. The number of amides is 1. The van der Waals surface area contributed by atoms with Crippen molar-refractivity contribution in [2.45, 2.75) is 17.9 Å². The van der Waals surface area contributed by atoms with Crippen molar-refractivity contribution in [1.82, 2.24) is 5.32 Å². The normalized spacial score (nSPS) is 12.2. The highest BCUT2D eigenvalue weighted by Gasteiger charge is 2.11. The van der Waals surface area contributed by atoms with Gasteiger partial charge in [-0.25, -0.2) is 0 Å². The molecule has 1 aromatic rings. The van der Waals surface area contributed by atoms with Gasteiger partial charge in [-0.1, -0.05) is 28.1 Å². The third kappa shape index (κ3) is 3.54. The van der Waals surface area contributed by atoms with E-state index in [9.17, 15) is 4.79 Å². The van der Waals surface area contributed by atoms with Gasteiger partial charge in [-0.15, -0.1) is 11.8 Å². The van der Waals surface area contributed by atoms with Crippen LogP contribution in [0.2, 0.25) is 0 Å². The average molecular weight is 288 g/mol. The van der Waals surface area contributed by atoms with E-state index in [-0.39, 0.29) is 11.9 Å². The van der Waals surface area contributed by atoms with Gasteiger partial charge in [0.05, 0.1) is 5.56 Å². The van der Waals surface area contributed by atoms with Gasteiger partial charge in [0.2, 0.25) is 0 Å². The second-order valence-electron chi connectivity index (χ2n) is 3.23. The van der Waals surface area contributed by atoms with E-state index in [1.807, 2.05) is 37.4 Å². The van der Waals surface area contributed by atoms with E-state index in [4.69, 9.17) is 0 Å². The fourth-order valence-electron chi connectivity index (χ4n) is 1.17. The van der Waals surface area contributed by atoms with Gasteiger partial charge in [-0.3, -0.25) is 4.79 Å². The fourth-order valence-corrected chi connectivity index (χ4v) is 1.93. The van der Waals surface area contributed by atoms with Crippen LogP contribution in [0.1, 0.15) is 17.3 Å². The van der Waals surface area contributed by atoms with Crippen molar-refractivity contribution in [2.24, 2.45) is 0 Å². The molecule has 1 atom stereocenters. The molecule has 0 radical (unpaired) electrons. The smallest absolute Gasteiger partial charge is 0.252 e. The topological polar surface area (TPSA) is 29.1 Å². The molecule has 1 aromatic carbocycles. The summed E-state index contributed by atoms with van der Waals surface area (Å²) in [6.45, 7) is 1.97. The van der Waals surface area contributed by atoms with Crippen LogP contribution in [0, 0.1) is 0 Å². The molecule has 0 heterocycles. The number of thioether (sulfide) groups is 1. The Morgan fingerprint density at radius 1 is 1.53 bits per heavy atom. The number of nitrogens with one attached hydrogen (secondary N) is 1. The molecule has 0 saturated carbocycles. The molecule has 4 heteroatoms. The predicted molar refractivity (Wildman–Crippen MR) is 68.9 cm³/mol. The van der Waals surface area contributed by atoms with E-state index in [1.165, 1.54) is 0 Å². The summed E-state index contributed by atoms with van der Waals surface area (Å²) in [5.74, 6) is -0.00750. The van der Waals surface area contributed by atoms with Gasteiger partial charge in [-0.2, -0.15) is 0 Å².